The molecule has 2 bridgehead atoms. The molecular weight excluding hydrogens is 422 g/mol. The van der Waals surface area contributed by atoms with Gasteiger partial charge in [-0.1, -0.05) is 42.5 Å². The Morgan fingerprint density at radius 3 is 2.33 bits per heavy atom. The van der Waals surface area contributed by atoms with Gasteiger partial charge in [0.05, 0.1) is 11.8 Å². The Morgan fingerprint density at radius 2 is 1.64 bits per heavy atom. The minimum Gasteiger partial charge on any atom is -0.425 e. The normalized spacial score (nSPS) is 25.2. The minimum absolute atomic E-state index is 0.0830. The van der Waals surface area contributed by atoms with E-state index in [1.54, 1.807) is 12.1 Å². The summed E-state index contributed by atoms with van der Waals surface area (Å²) in [6.45, 7) is -0.434. The number of ether oxygens (including phenoxy) is 1. The Bertz CT molecular complexity index is 1380. The number of amides is 2. The molecule has 3 aromatic rings. The summed E-state index contributed by atoms with van der Waals surface area (Å²) >= 11 is 0. The SMILES string of the molecule is O=C(CN1C(=O)[C@@H]2[C@@H](C1=O)[C@H]1C=C[C@H]2C1)Oc1ccc2c(-c3ccccc3)cc(=O)oc2c1. The zero-order valence-corrected chi connectivity index (χ0v) is 17.5. The van der Waals surface area contributed by atoms with Gasteiger partial charge in [-0.2, -0.15) is 0 Å². The highest BCUT2D eigenvalue weighted by molar-refractivity contribution is 6.08. The molecular formula is C26H19NO6. The molecule has 2 amide bonds. The van der Waals surface area contributed by atoms with Gasteiger partial charge in [0.1, 0.15) is 17.9 Å². The van der Waals surface area contributed by atoms with Gasteiger partial charge < -0.3 is 9.15 Å². The molecule has 2 aliphatic carbocycles. The number of hydrogen-bond donors (Lipinski definition) is 0. The molecule has 1 saturated heterocycles. The standard InChI is InChI=1S/C26H19NO6/c28-21-12-19(14-4-2-1-3-5-14)18-9-8-17(11-20(18)33-21)32-22(29)13-27-25(30)23-15-6-7-16(10-15)24(23)26(27)31/h1-9,11-12,15-16,23-24H,10,13H2/t15-,16-,23-,24-/m0/s1. The number of esters is 1. The van der Waals surface area contributed by atoms with E-state index < -0.39 is 18.1 Å². The van der Waals surface area contributed by atoms with Crippen molar-refractivity contribution >= 4 is 28.8 Å². The first kappa shape index (κ1) is 19.7. The molecule has 3 aliphatic rings. The molecule has 0 radical (unpaired) electrons. The van der Waals surface area contributed by atoms with Gasteiger partial charge in [0, 0.05) is 17.5 Å². The number of likely N-dealkylation sites (tertiary alicyclic amines) is 1. The summed E-state index contributed by atoms with van der Waals surface area (Å²) < 4.78 is 10.7. The maximum Gasteiger partial charge on any atom is 0.336 e. The summed E-state index contributed by atoms with van der Waals surface area (Å²) in [6, 6.07) is 15.6. The van der Waals surface area contributed by atoms with Crippen molar-refractivity contribution in [3.05, 3.63) is 77.2 Å². The van der Waals surface area contributed by atoms with Gasteiger partial charge in [-0.3, -0.25) is 14.5 Å². The van der Waals surface area contributed by atoms with Crippen LogP contribution in [0.4, 0.5) is 0 Å². The number of nitrogens with zero attached hydrogens (tertiary/aromatic N) is 1. The van der Waals surface area contributed by atoms with Crippen molar-refractivity contribution < 1.29 is 23.5 Å². The predicted molar refractivity (Wildman–Crippen MR) is 118 cm³/mol. The molecule has 1 aromatic heterocycles. The van der Waals surface area contributed by atoms with Crippen LogP contribution in [0.25, 0.3) is 22.1 Å². The fraction of sp³-hybridized carbons (Fsp3) is 0.231. The fourth-order valence-electron chi connectivity index (χ4n) is 5.48. The van der Waals surface area contributed by atoms with Crippen molar-refractivity contribution in [1.82, 2.24) is 4.90 Å². The van der Waals surface area contributed by atoms with Crippen molar-refractivity contribution in [3.63, 3.8) is 0 Å². The number of benzene rings is 2. The van der Waals surface area contributed by atoms with E-state index in [-0.39, 0.29) is 46.8 Å². The van der Waals surface area contributed by atoms with Crippen molar-refractivity contribution in [1.29, 1.82) is 0 Å². The van der Waals surface area contributed by atoms with Crippen molar-refractivity contribution in [2.45, 2.75) is 6.42 Å². The van der Waals surface area contributed by atoms with Crippen LogP contribution in [0.2, 0.25) is 0 Å². The van der Waals surface area contributed by atoms with Gasteiger partial charge >= 0.3 is 11.6 Å². The predicted octanol–water partition coefficient (Wildman–Crippen LogP) is 3.17. The molecule has 4 atom stereocenters. The number of hydrogen-bond acceptors (Lipinski definition) is 6. The Balaban J connectivity index is 1.23. The zero-order valence-electron chi connectivity index (χ0n) is 17.5. The fourth-order valence-corrected chi connectivity index (χ4v) is 5.48. The van der Waals surface area contributed by atoms with Crippen LogP contribution in [0.3, 0.4) is 0 Å². The van der Waals surface area contributed by atoms with Crippen LogP contribution in [-0.2, 0) is 14.4 Å². The highest BCUT2D eigenvalue weighted by Crippen LogP contribution is 2.52. The molecule has 7 heteroatoms. The zero-order chi connectivity index (χ0) is 22.7. The first-order chi connectivity index (χ1) is 16.0. The second-order valence-corrected chi connectivity index (χ2v) is 8.74. The van der Waals surface area contributed by atoms with E-state index >= 15 is 0 Å². The van der Waals surface area contributed by atoms with Crippen LogP contribution in [0.5, 0.6) is 5.75 Å². The van der Waals surface area contributed by atoms with E-state index in [9.17, 15) is 19.2 Å². The van der Waals surface area contributed by atoms with E-state index in [2.05, 4.69) is 0 Å². The van der Waals surface area contributed by atoms with E-state index in [0.717, 1.165) is 16.9 Å². The smallest absolute Gasteiger partial charge is 0.336 e. The molecule has 7 nitrogen and oxygen atoms in total. The van der Waals surface area contributed by atoms with Crippen LogP contribution >= 0.6 is 0 Å². The third-order valence-corrected chi connectivity index (χ3v) is 6.88. The lowest BCUT2D eigenvalue weighted by molar-refractivity contribution is -0.148. The van der Waals surface area contributed by atoms with Crippen molar-refractivity contribution in [2.75, 3.05) is 6.54 Å². The summed E-state index contributed by atoms with van der Waals surface area (Å²) in [5.41, 5.74) is 1.33. The number of fused-ring (bicyclic) bond motifs is 6. The van der Waals surface area contributed by atoms with Crippen LogP contribution < -0.4 is 10.4 Å². The quantitative estimate of drug-likeness (QED) is 0.203. The number of carbonyl (C=O) groups is 3. The molecule has 33 heavy (non-hydrogen) atoms. The summed E-state index contributed by atoms with van der Waals surface area (Å²) in [5.74, 6) is -1.69. The second kappa shape index (κ2) is 7.27. The second-order valence-electron chi connectivity index (χ2n) is 8.74. The van der Waals surface area contributed by atoms with Crippen molar-refractivity contribution in [2.24, 2.45) is 23.7 Å². The van der Waals surface area contributed by atoms with Crippen molar-refractivity contribution in [3.8, 4) is 16.9 Å². The molecule has 0 N–H and O–H groups in total. The summed E-state index contributed by atoms with van der Waals surface area (Å²) in [7, 11) is 0. The molecule has 1 saturated carbocycles. The summed E-state index contributed by atoms with van der Waals surface area (Å²) in [5, 5.41) is 0.696. The first-order valence-corrected chi connectivity index (χ1v) is 10.9. The first-order valence-electron chi connectivity index (χ1n) is 10.9. The summed E-state index contributed by atoms with van der Waals surface area (Å²) in [6.07, 6.45) is 4.84. The van der Waals surface area contributed by atoms with Gasteiger partial charge in [-0.05, 0) is 41.5 Å². The topological polar surface area (TPSA) is 93.9 Å². The lowest BCUT2D eigenvalue weighted by Crippen LogP contribution is -2.38. The average Bonchev–Trinajstić information content (AvgIpc) is 3.49. The molecule has 2 fully saturated rings. The summed E-state index contributed by atoms with van der Waals surface area (Å²) in [4.78, 5) is 51.3. The molecule has 0 spiro atoms. The Morgan fingerprint density at radius 1 is 0.939 bits per heavy atom. The van der Waals surface area contributed by atoms with Gasteiger partial charge in [0.15, 0.2) is 0 Å². The largest absolute Gasteiger partial charge is 0.425 e. The highest BCUT2D eigenvalue weighted by atomic mass is 16.5. The minimum atomic E-state index is -0.724. The third kappa shape index (κ3) is 3.11. The lowest BCUT2D eigenvalue weighted by Gasteiger charge is -2.16. The number of imide groups is 1. The van der Waals surface area contributed by atoms with Gasteiger partial charge in [-0.15, -0.1) is 0 Å². The van der Waals surface area contributed by atoms with E-state index in [1.807, 2.05) is 42.5 Å². The maximum absolute atomic E-state index is 12.8. The number of allylic oxidation sites excluding steroid dienone is 2. The van der Waals surface area contributed by atoms with Crippen LogP contribution in [0.15, 0.2) is 76.0 Å². The molecule has 2 heterocycles. The van der Waals surface area contributed by atoms with E-state index in [1.165, 1.54) is 12.1 Å². The van der Waals surface area contributed by atoms with Gasteiger partial charge in [0.25, 0.3) is 0 Å². The van der Waals surface area contributed by atoms with Gasteiger partial charge in [-0.25, -0.2) is 9.59 Å². The monoisotopic (exact) mass is 441 g/mol. The number of carbonyl (C=O) groups excluding carboxylic acids is 3. The molecule has 1 aliphatic heterocycles. The van der Waals surface area contributed by atoms with E-state index in [0.29, 0.717) is 10.9 Å². The lowest BCUT2D eigenvalue weighted by atomic mass is 9.85. The van der Waals surface area contributed by atoms with Crippen LogP contribution in [0.1, 0.15) is 6.42 Å². The average molecular weight is 441 g/mol. The molecule has 164 valence electrons. The Kier molecular flexibility index (Phi) is 4.33. The number of rotatable bonds is 4. The van der Waals surface area contributed by atoms with Crippen LogP contribution in [-0.4, -0.2) is 29.2 Å². The van der Waals surface area contributed by atoms with Gasteiger partial charge in [0.2, 0.25) is 11.8 Å². The Hall–Kier alpha value is -4.00. The third-order valence-electron chi connectivity index (χ3n) is 6.88. The van der Waals surface area contributed by atoms with Crippen LogP contribution in [0, 0.1) is 23.7 Å². The maximum atomic E-state index is 12.8. The van der Waals surface area contributed by atoms with E-state index in [4.69, 9.17) is 9.15 Å². The molecule has 6 rings (SSSR count). The molecule has 0 unspecified atom stereocenters. The molecule has 2 aromatic carbocycles. The Labute approximate surface area is 188 Å². The highest BCUT2D eigenvalue weighted by Gasteiger charge is 2.59.